The van der Waals surface area contributed by atoms with Crippen molar-refractivity contribution >= 4 is 25.7 Å². The van der Waals surface area contributed by atoms with Crippen LogP contribution in [0.1, 0.15) is 25.0 Å². The molecule has 0 aliphatic heterocycles. The van der Waals surface area contributed by atoms with Crippen LogP contribution in [0.15, 0.2) is 34.6 Å². The molecule has 0 saturated carbocycles. The Balaban J connectivity index is 2.52. The van der Waals surface area contributed by atoms with Gasteiger partial charge in [0, 0.05) is 26.3 Å². The van der Waals surface area contributed by atoms with Crippen LogP contribution < -0.4 is 4.72 Å². The van der Waals surface area contributed by atoms with Crippen molar-refractivity contribution in [2.24, 2.45) is 7.05 Å². The molecular formula is C16H24N4O4S2. The zero-order chi connectivity index (χ0) is 19.7. The highest BCUT2D eigenvalue weighted by Gasteiger charge is 2.25. The lowest BCUT2D eigenvalue weighted by Gasteiger charge is -2.20. The molecule has 0 aliphatic rings. The van der Waals surface area contributed by atoms with Crippen LogP contribution in [-0.2, 0) is 27.1 Å². The van der Waals surface area contributed by atoms with Crippen LogP contribution in [-0.4, -0.2) is 43.8 Å². The molecule has 0 radical (unpaired) electrons. The maximum Gasteiger partial charge on any atom is 0.280 e. The third-order valence-electron chi connectivity index (χ3n) is 4.18. The summed E-state index contributed by atoms with van der Waals surface area (Å²) in [5.41, 5.74) is 1.56. The molecule has 8 nitrogen and oxygen atoms in total. The summed E-state index contributed by atoms with van der Waals surface area (Å²) in [6.07, 6.45) is 2.76. The zero-order valence-electron chi connectivity index (χ0n) is 15.5. The second kappa shape index (κ2) is 7.37. The van der Waals surface area contributed by atoms with Crippen LogP contribution in [0.3, 0.4) is 0 Å². The smallest absolute Gasteiger partial charge is 0.280 e. The molecule has 2 rings (SSSR count). The SMILES string of the molecule is CCN(CC)S(=O)(=O)c1cc(C)c(C)c(NS(=O)(=O)c2cn(C)cn2)c1. The summed E-state index contributed by atoms with van der Waals surface area (Å²) in [6, 6.07) is 2.91. The van der Waals surface area contributed by atoms with Crippen LogP contribution >= 0.6 is 0 Å². The standard InChI is InChI=1S/C16H24N4O4S2/c1-6-20(7-2)26(23,24)14-8-12(3)13(4)15(9-14)18-25(21,22)16-10-19(5)11-17-16/h8-11,18H,6-7H2,1-5H3. The van der Waals surface area contributed by atoms with Crippen molar-refractivity contribution in [3.05, 3.63) is 35.8 Å². The number of hydrogen-bond donors (Lipinski definition) is 1. The van der Waals surface area contributed by atoms with Gasteiger partial charge >= 0.3 is 0 Å². The number of aryl methyl sites for hydroxylation is 2. The van der Waals surface area contributed by atoms with Gasteiger partial charge in [0.1, 0.15) is 0 Å². The molecule has 144 valence electrons. The number of nitrogens with one attached hydrogen (secondary N) is 1. The van der Waals surface area contributed by atoms with Gasteiger partial charge in [-0.1, -0.05) is 13.8 Å². The number of hydrogen-bond acceptors (Lipinski definition) is 5. The van der Waals surface area contributed by atoms with Crippen molar-refractivity contribution in [3.8, 4) is 0 Å². The van der Waals surface area contributed by atoms with Crippen molar-refractivity contribution in [1.29, 1.82) is 0 Å². The van der Waals surface area contributed by atoms with Crippen molar-refractivity contribution in [2.75, 3.05) is 17.8 Å². The summed E-state index contributed by atoms with van der Waals surface area (Å²) in [4.78, 5) is 3.91. The number of benzene rings is 1. The van der Waals surface area contributed by atoms with Crippen molar-refractivity contribution in [2.45, 2.75) is 37.6 Å². The molecule has 0 atom stereocenters. The minimum atomic E-state index is -3.92. The molecule has 0 bridgehead atoms. The van der Waals surface area contributed by atoms with Gasteiger partial charge in [-0.25, -0.2) is 13.4 Å². The highest BCUT2D eigenvalue weighted by atomic mass is 32.2. The number of aromatic nitrogens is 2. The van der Waals surface area contributed by atoms with E-state index in [2.05, 4.69) is 9.71 Å². The number of anilines is 1. The van der Waals surface area contributed by atoms with E-state index in [9.17, 15) is 16.8 Å². The van der Waals surface area contributed by atoms with E-state index in [4.69, 9.17) is 0 Å². The fourth-order valence-corrected chi connectivity index (χ4v) is 5.19. The van der Waals surface area contributed by atoms with Gasteiger partial charge in [0.05, 0.1) is 16.9 Å². The Kier molecular flexibility index (Phi) is 5.79. The third kappa shape index (κ3) is 3.92. The molecule has 26 heavy (non-hydrogen) atoms. The molecule has 0 fully saturated rings. The van der Waals surface area contributed by atoms with Crippen molar-refractivity contribution in [3.63, 3.8) is 0 Å². The largest absolute Gasteiger partial charge is 0.339 e. The molecule has 0 saturated heterocycles. The normalized spacial score (nSPS) is 12.5. The van der Waals surface area contributed by atoms with Gasteiger partial charge < -0.3 is 4.57 Å². The average molecular weight is 401 g/mol. The number of rotatable bonds is 7. The summed E-state index contributed by atoms with van der Waals surface area (Å²) in [7, 11) is -5.95. The molecule has 0 spiro atoms. The van der Waals surface area contributed by atoms with E-state index >= 15 is 0 Å². The van der Waals surface area contributed by atoms with E-state index in [-0.39, 0.29) is 15.6 Å². The first-order valence-electron chi connectivity index (χ1n) is 8.15. The number of imidazole rings is 1. The summed E-state index contributed by atoms with van der Waals surface area (Å²) >= 11 is 0. The number of nitrogens with zero attached hydrogens (tertiary/aromatic N) is 3. The van der Waals surface area contributed by atoms with Crippen LogP contribution in [0.4, 0.5) is 5.69 Å². The first-order chi connectivity index (χ1) is 12.0. The zero-order valence-corrected chi connectivity index (χ0v) is 17.1. The van der Waals surface area contributed by atoms with Crippen molar-refractivity contribution in [1.82, 2.24) is 13.9 Å². The first-order valence-corrected chi connectivity index (χ1v) is 11.1. The van der Waals surface area contributed by atoms with Gasteiger partial charge in [0.15, 0.2) is 5.03 Å². The maximum absolute atomic E-state index is 12.8. The summed E-state index contributed by atoms with van der Waals surface area (Å²) in [6.45, 7) is 7.66. The van der Waals surface area contributed by atoms with E-state index in [0.717, 1.165) is 0 Å². The molecule has 1 N–H and O–H groups in total. The van der Waals surface area contributed by atoms with Crippen LogP contribution in [0, 0.1) is 13.8 Å². The quantitative estimate of drug-likeness (QED) is 0.764. The lowest BCUT2D eigenvalue weighted by Crippen LogP contribution is -2.30. The summed E-state index contributed by atoms with van der Waals surface area (Å²) < 4.78 is 55.9. The fraction of sp³-hybridized carbons (Fsp3) is 0.438. The Bertz CT molecular complexity index is 1010. The Hall–Kier alpha value is -1.91. The molecule has 1 aromatic carbocycles. The Morgan fingerprint density at radius 2 is 1.73 bits per heavy atom. The second-order valence-corrected chi connectivity index (χ2v) is 9.55. The molecule has 0 aliphatic carbocycles. The lowest BCUT2D eigenvalue weighted by atomic mass is 10.1. The van der Waals surface area contributed by atoms with E-state index in [0.29, 0.717) is 24.2 Å². The Morgan fingerprint density at radius 3 is 2.23 bits per heavy atom. The molecule has 2 aromatic rings. The molecule has 10 heteroatoms. The Morgan fingerprint density at radius 1 is 1.12 bits per heavy atom. The molecule has 1 heterocycles. The van der Waals surface area contributed by atoms with Crippen molar-refractivity contribution < 1.29 is 16.8 Å². The van der Waals surface area contributed by atoms with E-state index in [1.54, 1.807) is 40.8 Å². The van der Waals surface area contributed by atoms with Gasteiger partial charge in [-0.05, 0) is 37.1 Å². The summed E-state index contributed by atoms with van der Waals surface area (Å²) in [5, 5.41) is -0.131. The molecule has 1 aromatic heterocycles. The van der Waals surface area contributed by atoms with Crippen LogP contribution in [0.25, 0.3) is 0 Å². The van der Waals surface area contributed by atoms with Gasteiger partial charge in [0.25, 0.3) is 10.0 Å². The van der Waals surface area contributed by atoms with E-state index in [1.807, 2.05) is 0 Å². The minimum absolute atomic E-state index is 0.0584. The van der Waals surface area contributed by atoms with Gasteiger partial charge in [-0.2, -0.15) is 12.7 Å². The van der Waals surface area contributed by atoms with Gasteiger partial charge in [-0.15, -0.1) is 0 Å². The summed E-state index contributed by atoms with van der Waals surface area (Å²) in [5.74, 6) is 0. The fourth-order valence-electron chi connectivity index (χ4n) is 2.52. The van der Waals surface area contributed by atoms with Crippen LogP contribution in [0.2, 0.25) is 0 Å². The molecule has 0 amide bonds. The first kappa shape index (κ1) is 20.4. The monoisotopic (exact) mass is 400 g/mol. The molecular weight excluding hydrogens is 376 g/mol. The molecule has 0 unspecified atom stereocenters. The van der Waals surface area contributed by atoms with E-state index in [1.165, 1.54) is 27.5 Å². The average Bonchev–Trinajstić information content (AvgIpc) is 2.99. The second-order valence-electron chi connectivity index (χ2n) is 5.98. The van der Waals surface area contributed by atoms with Crippen LogP contribution in [0.5, 0.6) is 0 Å². The van der Waals surface area contributed by atoms with Gasteiger partial charge in [-0.3, -0.25) is 4.72 Å². The maximum atomic E-state index is 12.8. The highest BCUT2D eigenvalue weighted by Crippen LogP contribution is 2.27. The van der Waals surface area contributed by atoms with Gasteiger partial charge in [0.2, 0.25) is 10.0 Å². The highest BCUT2D eigenvalue weighted by molar-refractivity contribution is 7.92. The minimum Gasteiger partial charge on any atom is -0.339 e. The predicted octanol–water partition coefficient (Wildman–Crippen LogP) is 1.87. The predicted molar refractivity (Wildman–Crippen MR) is 100 cm³/mol. The number of sulfonamides is 2. The van der Waals surface area contributed by atoms with E-state index < -0.39 is 20.0 Å². The third-order valence-corrected chi connectivity index (χ3v) is 7.46. The topological polar surface area (TPSA) is 101 Å². The Labute approximate surface area is 155 Å². The lowest BCUT2D eigenvalue weighted by molar-refractivity contribution is 0.445.